The normalized spacial score (nSPS) is 14.6. The molecular formula is C24H23ClN4. The molecule has 146 valence electrons. The highest BCUT2D eigenvalue weighted by Crippen LogP contribution is 2.36. The van der Waals surface area contributed by atoms with Gasteiger partial charge in [-0.05, 0) is 43.0 Å². The van der Waals surface area contributed by atoms with Crippen LogP contribution in [-0.2, 0) is 0 Å². The molecule has 4 aromatic rings. The fourth-order valence-corrected chi connectivity index (χ4v) is 4.37. The summed E-state index contributed by atoms with van der Waals surface area (Å²) in [4.78, 5) is 9.29. The van der Waals surface area contributed by atoms with Gasteiger partial charge in [0.15, 0.2) is 5.65 Å². The number of nitrogens with zero attached hydrogens (tertiary/aromatic N) is 3. The van der Waals surface area contributed by atoms with E-state index in [-0.39, 0.29) is 0 Å². The minimum atomic E-state index is 0.480. The summed E-state index contributed by atoms with van der Waals surface area (Å²) in [7, 11) is 0. The number of fused-ring (bicyclic) bond motifs is 1. The van der Waals surface area contributed by atoms with Gasteiger partial charge in [0.1, 0.15) is 12.1 Å². The van der Waals surface area contributed by atoms with Crippen LogP contribution in [0, 0.1) is 6.92 Å². The Labute approximate surface area is 175 Å². The quantitative estimate of drug-likeness (QED) is 0.429. The zero-order chi connectivity index (χ0) is 19.8. The second kappa shape index (κ2) is 7.53. The zero-order valence-corrected chi connectivity index (χ0v) is 17.2. The Bertz CT molecular complexity index is 1160. The monoisotopic (exact) mass is 402 g/mol. The lowest BCUT2D eigenvalue weighted by molar-refractivity contribution is 0.751. The van der Waals surface area contributed by atoms with Crippen LogP contribution in [0.25, 0.3) is 27.8 Å². The first kappa shape index (κ1) is 18.2. The van der Waals surface area contributed by atoms with E-state index >= 15 is 0 Å². The van der Waals surface area contributed by atoms with Gasteiger partial charge in [0.05, 0.1) is 5.39 Å². The molecule has 0 unspecified atom stereocenters. The van der Waals surface area contributed by atoms with Crippen LogP contribution in [0.4, 0.5) is 5.82 Å². The zero-order valence-electron chi connectivity index (χ0n) is 16.4. The van der Waals surface area contributed by atoms with Gasteiger partial charge in [-0.2, -0.15) is 0 Å². The van der Waals surface area contributed by atoms with Gasteiger partial charge < -0.3 is 9.88 Å². The molecule has 1 saturated carbocycles. The standard InChI is InChI=1S/C24H23ClN4/c1-16-11-12-19(13-21(16)25)29-14-20(17-7-3-2-4-8-17)22-23(26-15-27-24(22)29)28-18-9-5-6-10-18/h2-4,7-8,11-15,18H,5-6,9-10H2,1H3,(H,26,27,28). The first-order valence-corrected chi connectivity index (χ1v) is 10.5. The third kappa shape index (κ3) is 3.38. The van der Waals surface area contributed by atoms with Gasteiger partial charge in [0.25, 0.3) is 0 Å². The van der Waals surface area contributed by atoms with Crippen LogP contribution in [0.15, 0.2) is 61.1 Å². The minimum Gasteiger partial charge on any atom is -0.367 e. The third-order valence-electron chi connectivity index (χ3n) is 5.80. The van der Waals surface area contributed by atoms with Gasteiger partial charge in [-0.1, -0.05) is 60.8 Å². The Hall–Kier alpha value is -2.85. The Kier molecular flexibility index (Phi) is 4.72. The summed E-state index contributed by atoms with van der Waals surface area (Å²) < 4.78 is 2.12. The van der Waals surface area contributed by atoms with E-state index in [9.17, 15) is 0 Å². The average molecular weight is 403 g/mol. The molecule has 2 aromatic carbocycles. The summed E-state index contributed by atoms with van der Waals surface area (Å²) in [5, 5.41) is 5.50. The van der Waals surface area contributed by atoms with E-state index in [1.807, 2.05) is 25.1 Å². The Morgan fingerprint density at radius 3 is 2.59 bits per heavy atom. The van der Waals surface area contributed by atoms with Crippen molar-refractivity contribution < 1.29 is 0 Å². The van der Waals surface area contributed by atoms with Gasteiger partial charge in [0.2, 0.25) is 0 Å². The second-order valence-corrected chi connectivity index (χ2v) is 8.17. The van der Waals surface area contributed by atoms with Crippen LogP contribution >= 0.6 is 11.6 Å². The van der Waals surface area contributed by atoms with E-state index in [4.69, 9.17) is 11.6 Å². The van der Waals surface area contributed by atoms with Crippen molar-refractivity contribution in [3.8, 4) is 16.8 Å². The molecule has 5 heteroatoms. The topological polar surface area (TPSA) is 42.7 Å². The average Bonchev–Trinajstić information content (AvgIpc) is 3.39. The van der Waals surface area contributed by atoms with E-state index < -0.39 is 0 Å². The van der Waals surface area contributed by atoms with Crippen LogP contribution in [-0.4, -0.2) is 20.6 Å². The summed E-state index contributed by atoms with van der Waals surface area (Å²) in [5.74, 6) is 0.915. The Morgan fingerprint density at radius 1 is 1.03 bits per heavy atom. The lowest BCUT2D eigenvalue weighted by Crippen LogP contribution is -2.15. The van der Waals surface area contributed by atoms with Gasteiger partial charge in [-0.25, -0.2) is 9.97 Å². The van der Waals surface area contributed by atoms with Crippen molar-refractivity contribution in [1.82, 2.24) is 14.5 Å². The summed E-state index contributed by atoms with van der Waals surface area (Å²) >= 11 is 6.42. The number of rotatable bonds is 4. The molecular weight excluding hydrogens is 380 g/mol. The van der Waals surface area contributed by atoms with Gasteiger partial charge in [-0.3, -0.25) is 0 Å². The smallest absolute Gasteiger partial charge is 0.150 e. The van der Waals surface area contributed by atoms with Crippen molar-refractivity contribution >= 4 is 28.5 Å². The van der Waals surface area contributed by atoms with Crippen LogP contribution in [0.1, 0.15) is 31.2 Å². The Balaban J connectivity index is 1.73. The van der Waals surface area contributed by atoms with Crippen molar-refractivity contribution in [3.63, 3.8) is 0 Å². The number of nitrogens with one attached hydrogen (secondary N) is 1. The van der Waals surface area contributed by atoms with Crippen molar-refractivity contribution in [2.45, 2.75) is 38.6 Å². The molecule has 1 fully saturated rings. The Morgan fingerprint density at radius 2 is 1.83 bits per heavy atom. The SMILES string of the molecule is Cc1ccc(-n2cc(-c3ccccc3)c3c(NC4CCCC4)ncnc32)cc1Cl. The number of hydrogen-bond acceptors (Lipinski definition) is 3. The van der Waals surface area contributed by atoms with Crippen molar-refractivity contribution in [1.29, 1.82) is 0 Å². The number of aryl methyl sites for hydroxylation is 1. The molecule has 1 aliphatic rings. The third-order valence-corrected chi connectivity index (χ3v) is 6.20. The van der Waals surface area contributed by atoms with Crippen molar-refractivity contribution in [2.75, 3.05) is 5.32 Å². The lowest BCUT2D eigenvalue weighted by atomic mass is 10.1. The molecule has 2 heterocycles. The van der Waals surface area contributed by atoms with E-state index in [1.165, 1.54) is 25.7 Å². The molecule has 0 saturated heterocycles. The first-order chi connectivity index (χ1) is 14.2. The maximum atomic E-state index is 6.42. The largest absolute Gasteiger partial charge is 0.367 e. The van der Waals surface area contributed by atoms with Crippen molar-refractivity contribution in [2.24, 2.45) is 0 Å². The van der Waals surface area contributed by atoms with Crippen LogP contribution in [0.5, 0.6) is 0 Å². The molecule has 0 aliphatic heterocycles. The predicted molar refractivity (Wildman–Crippen MR) is 120 cm³/mol. The number of hydrogen-bond donors (Lipinski definition) is 1. The highest BCUT2D eigenvalue weighted by molar-refractivity contribution is 6.31. The van der Waals surface area contributed by atoms with Crippen LogP contribution in [0.3, 0.4) is 0 Å². The maximum Gasteiger partial charge on any atom is 0.150 e. The highest BCUT2D eigenvalue weighted by atomic mass is 35.5. The summed E-state index contributed by atoms with van der Waals surface area (Å²) in [6.07, 6.45) is 8.75. The predicted octanol–water partition coefficient (Wildman–Crippen LogP) is 6.40. The summed E-state index contributed by atoms with van der Waals surface area (Å²) in [6.45, 7) is 2.01. The first-order valence-electron chi connectivity index (χ1n) is 10.2. The van der Waals surface area contributed by atoms with Crippen LogP contribution < -0.4 is 5.32 Å². The minimum absolute atomic E-state index is 0.480. The van der Waals surface area contributed by atoms with Gasteiger partial charge >= 0.3 is 0 Å². The van der Waals surface area contributed by atoms with E-state index in [0.717, 1.165) is 44.3 Å². The molecule has 29 heavy (non-hydrogen) atoms. The van der Waals surface area contributed by atoms with Gasteiger partial charge in [0, 0.05) is 28.5 Å². The second-order valence-electron chi connectivity index (χ2n) is 7.76. The molecule has 0 spiro atoms. The number of halogens is 1. The number of aromatic nitrogens is 3. The van der Waals surface area contributed by atoms with Crippen molar-refractivity contribution in [3.05, 3.63) is 71.6 Å². The summed E-state index contributed by atoms with van der Waals surface area (Å²) in [5.41, 5.74) is 5.23. The molecule has 0 bridgehead atoms. The number of benzene rings is 2. The molecule has 4 nitrogen and oxygen atoms in total. The van der Waals surface area contributed by atoms with E-state index in [0.29, 0.717) is 6.04 Å². The van der Waals surface area contributed by atoms with Crippen LogP contribution in [0.2, 0.25) is 5.02 Å². The van der Waals surface area contributed by atoms with E-state index in [2.05, 4.69) is 56.4 Å². The fourth-order valence-electron chi connectivity index (χ4n) is 4.20. The fraction of sp³-hybridized carbons (Fsp3) is 0.250. The molecule has 1 N–H and O–H groups in total. The highest BCUT2D eigenvalue weighted by Gasteiger charge is 2.21. The molecule has 5 rings (SSSR count). The maximum absolute atomic E-state index is 6.42. The molecule has 2 aromatic heterocycles. The molecule has 0 radical (unpaired) electrons. The molecule has 1 aliphatic carbocycles. The van der Waals surface area contributed by atoms with Gasteiger partial charge in [-0.15, -0.1) is 0 Å². The number of anilines is 1. The molecule has 0 atom stereocenters. The lowest BCUT2D eigenvalue weighted by Gasteiger charge is -2.14. The summed E-state index contributed by atoms with van der Waals surface area (Å²) in [6, 6.07) is 17.0. The molecule has 0 amide bonds. The van der Waals surface area contributed by atoms with E-state index in [1.54, 1.807) is 6.33 Å².